The van der Waals surface area contributed by atoms with E-state index in [2.05, 4.69) is 31.3 Å². The maximum atomic E-state index is 6.15. The number of piperidine rings is 1. The molecule has 3 aromatic rings. The second-order valence-corrected chi connectivity index (χ2v) is 7.31. The molecule has 1 aromatic carbocycles. The third kappa shape index (κ3) is 3.12. The number of imidazole rings is 1. The third-order valence-electron chi connectivity index (χ3n) is 5.41. The Morgan fingerprint density at radius 2 is 2.11 bits per heavy atom. The maximum Gasteiger partial charge on any atom is 0.163 e. The number of ether oxygens (including phenoxy) is 2. The number of benzene rings is 1. The summed E-state index contributed by atoms with van der Waals surface area (Å²) in [6, 6.07) is 8.25. The molecule has 0 unspecified atom stereocenters. The number of rotatable bonds is 3. The van der Waals surface area contributed by atoms with Gasteiger partial charge in [-0.1, -0.05) is 12.1 Å². The zero-order valence-electron chi connectivity index (χ0n) is 15.4. The van der Waals surface area contributed by atoms with E-state index in [0.717, 1.165) is 61.0 Å². The van der Waals surface area contributed by atoms with E-state index in [1.807, 2.05) is 24.3 Å². The number of para-hydroxylation sites is 2. The van der Waals surface area contributed by atoms with Crippen molar-refractivity contribution in [1.29, 1.82) is 0 Å². The smallest absolute Gasteiger partial charge is 0.163 e. The van der Waals surface area contributed by atoms with E-state index in [1.54, 1.807) is 12.5 Å². The van der Waals surface area contributed by atoms with Gasteiger partial charge >= 0.3 is 0 Å². The van der Waals surface area contributed by atoms with Crippen LogP contribution >= 0.6 is 0 Å². The molecular formula is C20H23N5O2. The lowest BCUT2D eigenvalue weighted by Crippen LogP contribution is -2.45. The summed E-state index contributed by atoms with van der Waals surface area (Å²) in [7, 11) is 0. The number of aryl methyl sites for hydroxylation is 1. The monoisotopic (exact) mass is 365 g/mol. The van der Waals surface area contributed by atoms with Gasteiger partial charge in [0, 0.05) is 19.1 Å². The minimum Gasteiger partial charge on any atom is -0.486 e. The molecule has 2 aromatic heterocycles. The SMILES string of the molecule is Cc1nc2cncnc2n1[C@H]1CCCN(C[C@H]2COc3ccccc3O2)C1. The van der Waals surface area contributed by atoms with Crippen LogP contribution in [0.15, 0.2) is 36.8 Å². The van der Waals surface area contributed by atoms with Crippen LogP contribution < -0.4 is 9.47 Å². The molecule has 2 aliphatic rings. The molecule has 0 radical (unpaired) electrons. The van der Waals surface area contributed by atoms with Crippen molar-refractivity contribution in [1.82, 2.24) is 24.4 Å². The van der Waals surface area contributed by atoms with Crippen molar-refractivity contribution in [3.05, 3.63) is 42.6 Å². The van der Waals surface area contributed by atoms with Crippen LogP contribution in [0.3, 0.4) is 0 Å². The topological polar surface area (TPSA) is 65.3 Å². The Labute approximate surface area is 158 Å². The fourth-order valence-corrected chi connectivity index (χ4v) is 4.25. The molecule has 0 aliphatic carbocycles. The first kappa shape index (κ1) is 16.5. The van der Waals surface area contributed by atoms with Crippen LogP contribution in [0.25, 0.3) is 11.2 Å². The summed E-state index contributed by atoms with van der Waals surface area (Å²) in [5.41, 5.74) is 1.80. The van der Waals surface area contributed by atoms with Crippen LogP contribution in [-0.2, 0) is 0 Å². The minimum absolute atomic E-state index is 0.0570. The fraction of sp³-hybridized carbons (Fsp3) is 0.450. The third-order valence-corrected chi connectivity index (χ3v) is 5.41. The van der Waals surface area contributed by atoms with Gasteiger partial charge in [-0.25, -0.2) is 15.0 Å². The molecule has 7 nitrogen and oxygen atoms in total. The van der Waals surface area contributed by atoms with Gasteiger partial charge < -0.3 is 14.0 Å². The summed E-state index contributed by atoms with van der Waals surface area (Å²) in [6.07, 6.45) is 5.74. The molecule has 1 fully saturated rings. The predicted octanol–water partition coefficient (Wildman–Crippen LogP) is 2.61. The summed E-state index contributed by atoms with van der Waals surface area (Å²) in [5, 5.41) is 0. The first-order valence-corrected chi connectivity index (χ1v) is 9.53. The lowest BCUT2D eigenvalue weighted by molar-refractivity contribution is 0.0462. The van der Waals surface area contributed by atoms with Crippen LogP contribution in [0, 0.1) is 6.92 Å². The van der Waals surface area contributed by atoms with Crippen LogP contribution in [0.2, 0.25) is 0 Å². The highest BCUT2D eigenvalue weighted by Crippen LogP contribution is 2.32. The second kappa shape index (κ2) is 6.81. The van der Waals surface area contributed by atoms with Crippen molar-refractivity contribution in [2.75, 3.05) is 26.2 Å². The van der Waals surface area contributed by atoms with Gasteiger partial charge in [0.15, 0.2) is 17.1 Å². The normalized spacial score (nSPS) is 22.9. The molecule has 0 bridgehead atoms. The average Bonchev–Trinajstić information content (AvgIpc) is 3.04. The highest BCUT2D eigenvalue weighted by Gasteiger charge is 2.28. The molecule has 0 spiro atoms. The lowest BCUT2D eigenvalue weighted by atomic mass is 10.0. The number of hydrogen-bond acceptors (Lipinski definition) is 6. The predicted molar refractivity (Wildman–Crippen MR) is 101 cm³/mol. The van der Waals surface area contributed by atoms with Crippen molar-refractivity contribution in [2.45, 2.75) is 31.9 Å². The molecule has 4 heterocycles. The van der Waals surface area contributed by atoms with Crippen molar-refractivity contribution < 1.29 is 9.47 Å². The zero-order valence-corrected chi connectivity index (χ0v) is 15.4. The van der Waals surface area contributed by atoms with E-state index in [4.69, 9.17) is 9.47 Å². The summed E-state index contributed by atoms with van der Waals surface area (Å²) < 4.78 is 14.3. The van der Waals surface area contributed by atoms with Crippen LogP contribution in [-0.4, -0.2) is 56.8 Å². The Balaban J connectivity index is 1.31. The van der Waals surface area contributed by atoms with E-state index >= 15 is 0 Å². The highest BCUT2D eigenvalue weighted by atomic mass is 16.6. The summed E-state index contributed by atoms with van der Waals surface area (Å²) in [6.45, 7) is 5.57. The Hall–Kier alpha value is -2.67. The van der Waals surface area contributed by atoms with Gasteiger partial charge in [-0.2, -0.15) is 0 Å². The van der Waals surface area contributed by atoms with Crippen molar-refractivity contribution >= 4 is 11.2 Å². The molecule has 5 rings (SSSR count). The quantitative estimate of drug-likeness (QED) is 0.711. The second-order valence-electron chi connectivity index (χ2n) is 7.31. The number of hydrogen-bond donors (Lipinski definition) is 0. The number of likely N-dealkylation sites (tertiary alicyclic amines) is 1. The molecule has 7 heteroatoms. The van der Waals surface area contributed by atoms with Gasteiger partial charge in [-0.15, -0.1) is 0 Å². The lowest BCUT2D eigenvalue weighted by Gasteiger charge is -2.37. The van der Waals surface area contributed by atoms with E-state index in [-0.39, 0.29) is 6.10 Å². The van der Waals surface area contributed by atoms with Gasteiger partial charge in [0.25, 0.3) is 0 Å². The van der Waals surface area contributed by atoms with Gasteiger partial charge in [0.1, 0.15) is 30.4 Å². The fourth-order valence-electron chi connectivity index (χ4n) is 4.25. The summed E-state index contributed by atoms with van der Waals surface area (Å²) >= 11 is 0. The molecule has 2 aliphatic heterocycles. The van der Waals surface area contributed by atoms with E-state index in [0.29, 0.717) is 12.6 Å². The Morgan fingerprint density at radius 1 is 1.22 bits per heavy atom. The molecule has 27 heavy (non-hydrogen) atoms. The van der Waals surface area contributed by atoms with Crippen molar-refractivity contribution in [2.24, 2.45) is 0 Å². The van der Waals surface area contributed by atoms with Gasteiger partial charge in [0.05, 0.1) is 6.20 Å². The number of fused-ring (bicyclic) bond motifs is 2. The largest absolute Gasteiger partial charge is 0.486 e. The number of aromatic nitrogens is 4. The molecular weight excluding hydrogens is 342 g/mol. The van der Waals surface area contributed by atoms with Crippen LogP contribution in [0.4, 0.5) is 0 Å². The molecule has 1 saturated heterocycles. The molecule has 140 valence electrons. The van der Waals surface area contributed by atoms with E-state index in [1.165, 1.54) is 0 Å². The summed E-state index contributed by atoms with van der Waals surface area (Å²) in [4.78, 5) is 15.7. The van der Waals surface area contributed by atoms with Gasteiger partial charge in [0.2, 0.25) is 0 Å². The molecule has 0 saturated carbocycles. The molecule has 0 amide bonds. The minimum atomic E-state index is 0.0570. The van der Waals surface area contributed by atoms with Crippen LogP contribution in [0.1, 0.15) is 24.7 Å². The van der Waals surface area contributed by atoms with E-state index in [9.17, 15) is 0 Å². The first-order valence-electron chi connectivity index (χ1n) is 9.53. The maximum absolute atomic E-state index is 6.15. The van der Waals surface area contributed by atoms with Crippen molar-refractivity contribution in [3.8, 4) is 11.5 Å². The van der Waals surface area contributed by atoms with Crippen molar-refractivity contribution in [3.63, 3.8) is 0 Å². The standard InChI is InChI=1S/C20H23N5O2/c1-14-23-17-9-21-13-22-20(17)25(14)15-5-4-8-24(10-15)11-16-12-26-18-6-2-3-7-19(18)27-16/h2-3,6-7,9,13,15-16H,4-5,8,10-12H2,1H3/t15-,16-/m0/s1. The molecule has 0 N–H and O–H groups in total. The zero-order chi connectivity index (χ0) is 18.2. The molecule has 2 atom stereocenters. The van der Waals surface area contributed by atoms with E-state index < -0.39 is 0 Å². The van der Waals surface area contributed by atoms with Crippen LogP contribution in [0.5, 0.6) is 11.5 Å². The Kier molecular flexibility index (Phi) is 4.16. The first-order chi connectivity index (χ1) is 13.3. The number of nitrogens with zero attached hydrogens (tertiary/aromatic N) is 5. The van der Waals surface area contributed by atoms with Gasteiger partial charge in [-0.05, 0) is 38.4 Å². The van der Waals surface area contributed by atoms with Gasteiger partial charge in [-0.3, -0.25) is 4.90 Å². The Morgan fingerprint density at radius 3 is 3.04 bits per heavy atom. The Bertz CT molecular complexity index is 956. The highest BCUT2D eigenvalue weighted by molar-refractivity contribution is 5.70. The average molecular weight is 365 g/mol. The summed E-state index contributed by atoms with van der Waals surface area (Å²) in [5.74, 6) is 2.68.